The Hall–Kier alpha value is -1.43. The molecule has 3 nitrogen and oxygen atoms in total. The van der Waals surface area contributed by atoms with Gasteiger partial charge in [0.25, 0.3) is 0 Å². The molecule has 2 N–H and O–H groups in total. The first kappa shape index (κ1) is 15.0. The third kappa shape index (κ3) is 2.85. The number of halogens is 2. The molecule has 106 valence electrons. The third-order valence-electron chi connectivity index (χ3n) is 2.98. The Labute approximate surface area is 122 Å². The van der Waals surface area contributed by atoms with Crippen LogP contribution in [-0.4, -0.2) is 15.0 Å². The third-order valence-corrected chi connectivity index (χ3v) is 5.45. The fraction of sp³-hybridized carbons (Fsp3) is 0.143. The zero-order valence-electron chi connectivity index (χ0n) is 10.5. The van der Waals surface area contributed by atoms with Crippen LogP contribution in [0.15, 0.2) is 53.4 Å². The molecule has 0 bridgehead atoms. The van der Waals surface area contributed by atoms with Gasteiger partial charge in [-0.25, -0.2) is 12.8 Å². The molecule has 0 aliphatic rings. The summed E-state index contributed by atoms with van der Waals surface area (Å²) in [6.45, 7) is -0.108. The highest BCUT2D eigenvalue weighted by Crippen LogP contribution is 2.32. The fourth-order valence-corrected chi connectivity index (χ4v) is 3.91. The van der Waals surface area contributed by atoms with E-state index in [4.69, 9.17) is 17.3 Å². The van der Waals surface area contributed by atoms with Crippen LogP contribution in [0.3, 0.4) is 0 Å². The van der Waals surface area contributed by atoms with Crippen LogP contribution in [0, 0.1) is 5.82 Å². The molecule has 0 aliphatic heterocycles. The van der Waals surface area contributed by atoms with Crippen molar-refractivity contribution in [1.29, 1.82) is 0 Å². The van der Waals surface area contributed by atoms with Crippen molar-refractivity contribution in [2.45, 2.75) is 10.1 Å². The van der Waals surface area contributed by atoms with Gasteiger partial charge in [0, 0.05) is 11.6 Å². The first-order chi connectivity index (χ1) is 9.46. The van der Waals surface area contributed by atoms with Gasteiger partial charge in [0.05, 0.1) is 4.90 Å². The molecule has 2 aromatic carbocycles. The molecule has 0 saturated heterocycles. The van der Waals surface area contributed by atoms with Gasteiger partial charge in [-0.2, -0.15) is 0 Å². The van der Waals surface area contributed by atoms with E-state index in [-0.39, 0.29) is 11.4 Å². The van der Waals surface area contributed by atoms with E-state index < -0.39 is 20.9 Å². The molecule has 0 amide bonds. The Kier molecular flexibility index (Phi) is 4.42. The first-order valence-corrected chi connectivity index (χ1v) is 7.83. The minimum Gasteiger partial charge on any atom is -0.329 e. The molecule has 2 rings (SSSR count). The van der Waals surface area contributed by atoms with Crippen molar-refractivity contribution in [2.75, 3.05) is 6.54 Å². The van der Waals surface area contributed by atoms with Crippen molar-refractivity contribution in [2.24, 2.45) is 5.73 Å². The number of sulfone groups is 1. The highest BCUT2D eigenvalue weighted by Gasteiger charge is 2.29. The molecule has 0 spiro atoms. The summed E-state index contributed by atoms with van der Waals surface area (Å²) in [6.07, 6.45) is 0. The maximum Gasteiger partial charge on any atom is 0.186 e. The Morgan fingerprint density at radius 3 is 2.25 bits per heavy atom. The average molecular weight is 314 g/mol. The summed E-state index contributed by atoms with van der Waals surface area (Å²) in [4.78, 5) is 0.0225. The topological polar surface area (TPSA) is 60.2 Å². The molecule has 0 aromatic heterocycles. The number of nitrogens with two attached hydrogens (primary N) is 1. The summed E-state index contributed by atoms with van der Waals surface area (Å²) in [5.74, 6) is -0.494. The van der Waals surface area contributed by atoms with E-state index in [1.807, 2.05) is 0 Å². The van der Waals surface area contributed by atoms with Crippen molar-refractivity contribution in [1.82, 2.24) is 0 Å². The molecule has 2 aromatic rings. The highest BCUT2D eigenvalue weighted by atomic mass is 35.5. The summed E-state index contributed by atoms with van der Waals surface area (Å²) in [5.41, 5.74) is 6.06. The fourth-order valence-electron chi connectivity index (χ4n) is 1.95. The van der Waals surface area contributed by atoms with E-state index in [0.29, 0.717) is 10.6 Å². The van der Waals surface area contributed by atoms with E-state index in [9.17, 15) is 12.8 Å². The minimum absolute atomic E-state index is 0.0225. The maximum absolute atomic E-state index is 12.9. The number of hydrogen-bond acceptors (Lipinski definition) is 3. The normalized spacial score (nSPS) is 13.2. The first-order valence-electron chi connectivity index (χ1n) is 5.91. The quantitative estimate of drug-likeness (QED) is 0.883. The van der Waals surface area contributed by atoms with Crippen LogP contribution in [0.2, 0.25) is 5.02 Å². The van der Waals surface area contributed by atoms with Crippen LogP contribution < -0.4 is 5.73 Å². The van der Waals surface area contributed by atoms with Crippen LogP contribution in [-0.2, 0) is 9.84 Å². The highest BCUT2D eigenvalue weighted by molar-refractivity contribution is 7.91. The van der Waals surface area contributed by atoms with E-state index in [1.165, 1.54) is 12.1 Å². The van der Waals surface area contributed by atoms with E-state index in [0.717, 1.165) is 12.1 Å². The number of hydrogen-bond donors (Lipinski definition) is 1. The van der Waals surface area contributed by atoms with Crippen LogP contribution in [0.4, 0.5) is 4.39 Å². The second-order valence-corrected chi connectivity index (χ2v) is 6.78. The van der Waals surface area contributed by atoms with E-state index in [2.05, 4.69) is 0 Å². The summed E-state index contributed by atoms with van der Waals surface area (Å²) in [7, 11) is -3.72. The SMILES string of the molecule is NCC(c1ccccc1Cl)S(=O)(=O)c1ccc(F)cc1. The predicted molar refractivity (Wildman–Crippen MR) is 76.8 cm³/mol. The molecule has 20 heavy (non-hydrogen) atoms. The summed E-state index contributed by atoms with van der Waals surface area (Å²) in [5, 5.41) is -0.615. The summed E-state index contributed by atoms with van der Waals surface area (Å²) < 4.78 is 38.0. The second-order valence-electron chi connectivity index (χ2n) is 4.24. The lowest BCUT2D eigenvalue weighted by atomic mass is 10.1. The summed E-state index contributed by atoms with van der Waals surface area (Å²) >= 11 is 6.04. The van der Waals surface area contributed by atoms with Crippen molar-refractivity contribution < 1.29 is 12.8 Å². The van der Waals surface area contributed by atoms with Crippen molar-refractivity contribution in [3.05, 3.63) is 64.9 Å². The Bertz CT molecular complexity index is 701. The van der Waals surface area contributed by atoms with Gasteiger partial charge in [0.2, 0.25) is 0 Å². The van der Waals surface area contributed by atoms with Crippen molar-refractivity contribution in [3.63, 3.8) is 0 Å². The van der Waals surface area contributed by atoms with Gasteiger partial charge in [0.15, 0.2) is 9.84 Å². The standard InChI is InChI=1S/C14H13ClFNO2S/c15-13-4-2-1-3-12(13)14(9-17)20(18,19)11-7-5-10(16)6-8-11/h1-8,14H,9,17H2. The van der Waals surface area contributed by atoms with Crippen LogP contribution in [0.5, 0.6) is 0 Å². The zero-order chi connectivity index (χ0) is 14.8. The van der Waals surface area contributed by atoms with Gasteiger partial charge in [-0.15, -0.1) is 0 Å². The predicted octanol–water partition coefficient (Wildman–Crippen LogP) is 2.95. The Morgan fingerprint density at radius 1 is 1.10 bits per heavy atom. The number of rotatable bonds is 4. The Balaban J connectivity index is 2.51. The smallest absolute Gasteiger partial charge is 0.186 e. The van der Waals surface area contributed by atoms with Gasteiger partial charge in [-0.05, 0) is 35.9 Å². The second kappa shape index (κ2) is 5.91. The molecule has 0 saturated carbocycles. The molecule has 1 atom stereocenters. The van der Waals surface area contributed by atoms with Gasteiger partial charge in [-0.3, -0.25) is 0 Å². The molecular weight excluding hydrogens is 301 g/mol. The number of benzene rings is 2. The lowest BCUT2D eigenvalue weighted by Gasteiger charge is -2.17. The minimum atomic E-state index is -3.72. The molecule has 0 aliphatic carbocycles. The molecule has 0 heterocycles. The van der Waals surface area contributed by atoms with E-state index >= 15 is 0 Å². The summed E-state index contributed by atoms with van der Waals surface area (Å²) in [6, 6.07) is 11.3. The molecule has 1 unspecified atom stereocenters. The monoisotopic (exact) mass is 313 g/mol. The maximum atomic E-state index is 12.9. The molecule has 0 radical (unpaired) electrons. The van der Waals surface area contributed by atoms with Crippen LogP contribution in [0.25, 0.3) is 0 Å². The van der Waals surface area contributed by atoms with Gasteiger partial charge in [-0.1, -0.05) is 29.8 Å². The lowest BCUT2D eigenvalue weighted by molar-refractivity contribution is 0.581. The lowest BCUT2D eigenvalue weighted by Crippen LogP contribution is -2.22. The van der Waals surface area contributed by atoms with Crippen LogP contribution >= 0.6 is 11.6 Å². The Morgan fingerprint density at radius 2 is 1.70 bits per heavy atom. The average Bonchev–Trinajstić information content (AvgIpc) is 2.42. The van der Waals surface area contributed by atoms with E-state index in [1.54, 1.807) is 24.3 Å². The molecule has 6 heteroatoms. The van der Waals surface area contributed by atoms with Crippen LogP contribution in [0.1, 0.15) is 10.8 Å². The molecule has 0 fully saturated rings. The van der Waals surface area contributed by atoms with Gasteiger partial charge in [0.1, 0.15) is 11.1 Å². The largest absolute Gasteiger partial charge is 0.329 e. The van der Waals surface area contributed by atoms with Crippen molar-refractivity contribution in [3.8, 4) is 0 Å². The van der Waals surface area contributed by atoms with Crippen molar-refractivity contribution >= 4 is 21.4 Å². The zero-order valence-corrected chi connectivity index (χ0v) is 12.0. The van der Waals surface area contributed by atoms with Gasteiger partial charge >= 0.3 is 0 Å². The van der Waals surface area contributed by atoms with Gasteiger partial charge < -0.3 is 5.73 Å². The molecular formula is C14H13ClFNO2S.